The van der Waals surface area contributed by atoms with Crippen molar-refractivity contribution in [3.63, 3.8) is 0 Å². The summed E-state index contributed by atoms with van der Waals surface area (Å²) >= 11 is 0. The maximum atomic E-state index is 12.7. The Bertz CT molecular complexity index is 644. The van der Waals surface area contributed by atoms with Crippen LogP contribution in [0.3, 0.4) is 0 Å². The van der Waals surface area contributed by atoms with Gasteiger partial charge >= 0.3 is 5.97 Å². The number of Topliss-reactive ketones (excluding diaryl/α,β-unsaturated/α-hetero) is 1. The molecule has 4 bridgehead atoms. The van der Waals surface area contributed by atoms with Gasteiger partial charge in [0, 0.05) is 11.6 Å². The molecule has 1 amide bonds. The molecule has 4 saturated carbocycles. The van der Waals surface area contributed by atoms with Crippen LogP contribution in [0.15, 0.2) is 18.3 Å². The second-order valence-electron chi connectivity index (χ2n) is 8.05. The average Bonchev–Trinajstić information content (AvgIpc) is 3.11. The van der Waals surface area contributed by atoms with Crippen LogP contribution < -0.4 is 5.32 Å². The highest BCUT2D eigenvalue weighted by Gasteiger charge is 2.54. The number of ether oxygens (including phenoxy) is 1. The highest BCUT2D eigenvalue weighted by Crippen LogP contribution is 2.60. The number of aromatic nitrogens is 1. The molecule has 4 aliphatic carbocycles. The lowest BCUT2D eigenvalue weighted by Crippen LogP contribution is -2.54. The molecule has 0 atom stereocenters. The molecule has 6 nitrogen and oxygen atoms in total. The van der Waals surface area contributed by atoms with Crippen molar-refractivity contribution in [1.82, 2.24) is 10.3 Å². The molecule has 0 aliphatic heterocycles. The fraction of sp³-hybridized carbons (Fsp3) is 0.632. The van der Waals surface area contributed by atoms with Crippen molar-refractivity contribution in [2.75, 3.05) is 13.2 Å². The Morgan fingerprint density at radius 1 is 1.12 bits per heavy atom. The van der Waals surface area contributed by atoms with Gasteiger partial charge in [0.05, 0.1) is 5.69 Å². The van der Waals surface area contributed by atoms with Crippen molar-refractivity contribution in [3.05, 3.63) is 24.0 Å². The molecule has 0 spiro atoms. The zero-order valence-electron chi connectivity index (χ0n) is 14.3. The molecule has 4 fully saturated rings. The zero-order valence-corrected chi connectivity index (χ0v) is 14.3. The number of nitrogens with one attached hydrogen (secondary N) is 2. The summed E-state index contributed by atoms with van der Waals surface area (Å²) in [6.07, 6.45) is 8.35. The summed E-state index contributed by atoms with van der Waals surface area (Å²) in [6.45, 7) is -0.481. The summed E-state index contributed by atoms with van der Waals surface area (Å²) in [5.74, 6) is 1.19. The first-order valence-electron chi connectivity index (χ1n) is 9.14. The molecule has 25 heavy (non-hydrogen) atoms. The molecule has 0 aromatic carbocycles. The van der Waals surface area contributed by atoms with E-state index in [-0.39, 0.29) is 30.3 Å². The first kappa shape index (κ1) is 16.4. The lowest BCUT2D eigenvalue weighted by Gasteiger charge is -2.55. The first-order valence-corrected chi connectivity index (χ1v) is 9.14. The number of ketones is 1. The van der Waals surface area contributed by atoms with Crippen molar-refractivity contribution in [2.24, 2.45) is 23.2 Å². The number of carbonyl (C=O) groups excluding carboxylic acids is 3. The SMILES string of the molecule is O=C(CNC(=O)C12CC3CC(CC(C3)C1)C2)OCC(=O)c1ccc[nH]1. The first-order chi connectivity index (χ1) is 12.0. The van der Waals surface area contributed by atoms with Crippen molar-refractivity contribution < 1.29 is 19.1 Å². The predicted molar refractivity (Wildman–Crippen MR) is 89.7 cm³/mol. The lowest BCUT2D eigenvalue weighted by atomic mass is 9.49. The molecule has 0 unspecified atom stereocenters. The Morgan fingerprint density at radius 3 is 2.32 bits per heavy atom. The molecule has 0 saturated heterocycles. The summed E-state index contributed by atoms with van der Waals surface area (Å²) in [4.78, 5) is 39.1. The number of esters is 1. The number of carbonyl (C=O) groups is 3. The van der Waals surface area contributed by atoms with Crippen molar-refractivity contribution in [3.8, 4) is 0 Å². The molecule has 1 aromatic heterocycles. The summed E-state index contributed by atoms with van der Waals surface area (Å²) in [7, 11) is 0. The highest BCUT2D eigenvalue weighted by atomic mass is 16.5. The Morgan fingerprint density at radius 2 is 1.76 bits per heavy atom. The van der Waals surface area contributed by atoms with Crippen LogP contribution in [0.2, 0.25) is 0 Å². The second-order valence-corrected chi connectivity index (χ2v) is 8.05. The van der Waals surface area contributed by atoms with Gasteiger partial charge in [0.15, 0.2) is 6.61 Å². The van der Waals surface area contributed by atoms with Crippen LogP contribution in [0.25, 0.3) is 0 Å². The largest absolute Gasteiger partial charge is 0.456 e. The lowest BCUT2D eigenvalue weighted by molar-refractivity contribution is -0.150. The molecule has 2 N–H and O–H groups in total. The minimum Gasteiger partial charge on any atom is -0.456 e. The summed E-state index contributed by atoms with van der Waals surface area (Å²) in [6, 6.07) is 3.34. The van der Waals surface area contributed by atoms with Gasteiger partial charge < -0.3 is 15.0 Å². The molecule has 0 radical (unpaired) electrons. The number of hydrogen-bond donors (Lipinski definition) is 2. The predicted octanol–water partition coefficient (Wildman–Crippen LogP) is 2.07. The van der Waals surface area contributed by atoms with Crippen molar-refractivity contribution in [2.45, 2.75) is 38.5 Å². The highest BCUT2D eigenvalue weighted by molar-refractivity contribution is 5.96. The molecule has 6 heteroatoms. The van der Waals surface area contributed by atoms with Crippen LogP contribution in [0, 0.1) is 23.2 Å². The molecule has 1 aromatic rings. The van der Waals surface area contributed by atoms with Crippen LogP contribution in [0.4, 0.5) is 0 Å². The van der Waals surface area contributed by atoms with Crippen LogP contribution in [-0.2, 0) is 14.3 Å². The maximum absolute atomic E-state index is 12.7. The van der Waals surface area contributed by atoms with Gasteiger partial charge in [0.25, 0.3) is 0 Å². The number of rotatable bonds is 6. The van der Waals surface area contributed by atoms with E-state index in [1.54, 1.807) is 18.3 Å². The van der Waals surface area contributed by atoms with Gasteiger partial charge in [0.1, 0.15) is 6.54 Å². The van der Waals surface area contributed by atoms with Gasteiger partial charge in [-0.25, -0.2) is 0 Å². The van der Waals surface area contributed by atoms with Gasteiger partial charge in [-0.2, -0.15) is 0 Å². The monoisotopic (exact) mass is 344 g/mol. The van der Waals surface area contributed by atoms with E-state index in [1.807, 2.05) is 0 Å². The van der Waals surface area contributed by atoms with E-state index in [9.17, 15) is 14.4 Å². The Kier molecular flexibility index (Phi) is 4.13. The van der Waals surface area contributed by atoms with Gasteiger partial charge in [-0.3, -0.25) is 14.4 Å². The Hall–Kier alpha value is -2.11. The smallest absolute Gasteiger partial charge is 0.325 e. The van der Waals surface area contributed by atoms with E-state index in [4.69, 9.17) is 4.74 Å². The van der Waals surface area contributed by atoms with Gasteiger partial charge in [-0.05, 0) is 68.4 Å². The maximum Gasteiger partial charge on any atom is 0.325 e. The van der Waals surface area contributed by atoms with E-state index in [1.165, 1.54) is 19.3 Å². The van der Waals surface area contributed by atoms with E-state index in [0.717, 1.165) is 19.3 Å². The topological polar surface area (TPSA) is 88.3 Å². The Labute approximate surface area is 146 Å². The normalized spacial score (nSPS) is 32.4. The molecular formula is C19H24N2O4. The Balaban J connectivity index is 1.26. The molecule has 5 rings (SSSR count). The third-order valence-electron chi connectivity index (χ3n) is 6.18. The van der Waals surface area contributed by atoms with E-state index in [0.29, 0.717) is 23.4 Å². The average molecular weight is 344 g/mol. The zero-order chi connectivity index (χ0) is 17.4. The molecule has 1 heterocycles. The third kappa shape index (κ3) is 3.22. The minimum absolute atomic E-state index is 0.000700. The van der Waals surface area contributed by atoms with Gasteiger partial charge in [-0.1, -0.05) is 0 Å². The summed E-state index contributed by atoms with van der Waals surface area (Å²) in [5.41, 5.74) is 0.139. The van der Waals surface area contributed by atoms with Crippen molar-refractivity contribution >= 4 is 17.7 Å². The minimum atomic E-state index is -0.571. The number of hydrogen-bond acceptors (Lipinski definition) is 4. The number of aromatic amines is 1. The third-order valence-corrected chi connectivity index (χ3v) is 6.18. The van der Waals surface area contributed by atoms with Crippen LogP contribution >= 0.6 is 0 Å². The molecule has 4 aliphatic rings. The summed E-state index contributed by atoms with van der Waals surface area (Å²) < 4.78 is 4.97. The van der Waals surface area contributed by atoms with E-state index >= 15 is 0 Å². The second kappa shape index (κ2) is 6.32. The van der Waals surface area contributed by atoms with E-state index < -0.39 is 5.97 Å². The fourth-order valence-corrected chi connectivity index (χ4v) is 5.51. The van der Waals surface area contributed by atoms with Crippen LogP contribution in [-0.4, -0.2) is 35.8 Å². The van der Waals surface area contributed by atoms with E-state index in [2.05, 4.69) is 10.3 Å². The quantitative estimate of drug-likeness (QED) is 0.611. The van der Waals surface area contributed by atoms with Gasteiger partial charge in [-0.15, -0.1) is 0 Å². The fourth-order valence-electron chi connectivity index (χ4n) is 5.51. The number of H-pyrrole nitrogens is 1. The van der Waals surface area contributed by atoms with Crippen LogP contribution in [0.1, 0.15) is 49.0 Å². The number of amides is 1. The van der Waals surface area contributed by atoms with Crippen LogP contribution in [0.5, 0.6) is 0 Å². The molecular weight excluding hydrogens is 320 g/mol. The summed E-state index contributed by atoms with van der Waals surface area (Å²) in [5, 5.41) is 2.77. The molecule has 134 valence electrons. The van der Waals surface area contributed by atoms with Crippen molar-refractivity contribution in [1.29, 1.82) is 0 Å². The van der Waals surface area contributed by atoms with Gasteiger partial charge in [0.2, 0.25) is 11.7 Å². The standard InChI is InChI=1S/C19H24N2O4/c22-16(15-2-1-3-20-15)11-25-17(23)10-21-18(24)19-7-12-4-13(8-19)6-14(5-12)9-19/h1-3,12-14,20H,4-11H2,(H,21,24).